The molecule has 2 aromatic heterocycles. The summed E-state index contributed by atoms with van der Waals surface area (Å²) in [6, 6.07) is 5.49. The van der Waals surface area contributed by atoms with Gasteiger partial charge in [-0.05, 0) is 24.1 Å². The van der Waals surface area contributed by atoms with Crippen LogP contribution in [0.15, 0.2) is 24.4 Å². The molecule has 0 spiro atoms. The fraction of sp³-hybridized carbons (Fsp3) is 0.364. The summed E-state index contributed by atoms with van der Waals surface area (Å²) in [4.78, 5) is 0. The van der Waals surface area contributed by atoms with E-state index in [1.54, 1.807) is 16.8 Å². The van der Waals surface area contributed by atoms with Crippen LogP contribution >= 0.6 is 0 Å². The summed E-state index contributed by atoms with van der Waals surface area (Å²) in [5.74, 6) is 1.05. The Hall–Kier alpha value is -1.75. The molecule has 0 unspecified atom stereocenters. The number of hydrogen-bond donors (Lipinski definition) is 1. The molecule has 0 amide bonds. The van der Waals surface area contributed by atoms with Gasteiger partial charge in [0.05, 0.1) is 18.0 Å². The maximum absolute atomic E-state index is 8.85. The molecule has 0 radical (unpaired) electrons. The average molecular weight is 218 g/mol. The Bertz CT molecular complexity index is 461. The van der Waals surface area contributed by atoms with Gasteiger partial charge in [0.2, 0.25) is 0 Å². The SMILES string of the molecule is CC(C)c1ccn(-c2ccc(CO)nn2)n1. The summed E-state index contributed by atoms with van der Waals surface area (Å²) in [5.41, 5.74) is 1.58. The molecule has 0 bridgehead atoms. The number of aliphatic hydroxyl groups excluding tert-OH is 1. The van der Waals surface area contributed by atoms with Gasteiger partial charge in [0.25, 0.3) is 0 Å². The van der Waals surface area contributed by atoms with Crippen LogP contribution in [0.2, 0.25) is 0 Å². The third-order valence-electron chi connectivity index (χ3n) is 2.30. The van der Waals surface area contributed by atoms with Crippen LogP contribution in [-0.2, 0) is 6.61 Å². The van der Waals surface area contributed by atoms with Crippen molar-refractivity contribution in [3.63, 3.8) is 0 Å². The Morgan fingerprint density at radius 1 is 1.25 bits per heavy atom. The highest BCUT2D eigenvalue weighted by Gasteiger charge is 2.05. The van der Waals surface area contributed by atoms with E-state index in [4.69, 9.17) is 5.11 Å². The van der Waals surface area contributed by atoms with E-state index >= 15 is 0 Å². The Kier molecular flexibility index (Phi) is 2.96. The first-order chi connectivity index (χ1) is 7.70. The molecule has 0 aliphatic heterocycles. The zero-order valence-electron chi connectivity index (χ0n) is 9.33. The Morgan fingerprint density at radius 2 is 2.06 bits per heavy atom. The fourth-order valence-electron chi connectivity index (χ4n) is 1.33. The van der Waals surface area contributed by atoms with E-state index in [1.807, 2.05) is 12.3 Å². The number of nitrogens with zero attached hydrogens (tertiary/aromatic N) is 4. The summed E-state index contributed by atoms with van der Waals surface area (Å²) in [6.07, 6.45) is 1.86. The van der Waals surface area contributed by atoms with Gasteiger partial charge in [-0.15, -0.1) is 5.10 Å². The predicted octanol–water partition coefficient (Wildman–Crippen LogP) is 1.28. The van der Waals surface area contributed by atoms with Crippen LogP contribution in [0, 0.1) is 0 Å². The van der Waals surface area contributed by atoms with Crippen molar-refractivity contribution in [2.24, 2.45) is 0 Å². The highest BCUT2D eigenvalue weighted by Crippen LogP contribution is 2.12. The van der Waals surface area contributed by atoms with Gasteiger partial charge in [0.1, 0.15) is 0 Å². The molecule has 0 saturated heterocycles. The van der Waals surface area contributed by atoms with Crippen molar-refractivity contribution >= 4 is 0 Å². The molecule has 0 saturated carbocycles. The van der Waals surface area contributed by atoms with Crippen LogP contribution < -0.4 is 0 Å². The van der Waals surface area contributed by atoms with Crippen LogP contribution in [0.25, 0.3) is 5.82 Å². The quantitative estimate of drug-likeness (QED) is 0.842. The molecule has 84 valence electrons. The second-order valence-electron chi connectivity index (χ2n) is 3.88. The van der Waals surface area contributed by atoms with Crippen molar-refractivity contribution < 1.29 is 5.11 Å². The molecule has 2 aromatic rings. The third-order valence-corrected chi connectivity index (χ3v) is 2.30. The average Bonchev–Trinajstić information content (AvgIpc) is 2.78. The summed E-state index contributed by atoms with van der Waals surface area (Å²) in [7, 11) is 0. The molecule has 0 atom stereocenters. The van der Waals surface area contributed by atoms with Crippen LogP contribution in [0.4, 0.5) is 0 Å². The van der Waals surface area contributed by atoms with Crippen LogP contribution in [-0.4, -0.2) is 25.1 Å². The largest absolute Gasteiger partial charge is 0.390 e. The second-order valence-corrected chi connectivity index (χ2v) is 3.88. The number of aliphatic hydroxyl groups is 1. The second kappa shape index (κ2) is 4.40. The fourth-order valence-corrected chi connectivity index (χ4v) is 1.33. The van der Waals surface area contributed by atoms with Crippen molar-refractivity contribution in [2.45, 2.75) is 26.4 Å². The lowest BCUT2D eigenvalue weighted by molar-refractivity contribution is 0.275. The normalized spacial score (nSPS) is 11.0. The van der Waals surface area contributed by atoms with Crippen molar-refractivity contribution in [1.29, 1.82) is 0 Å². The van der Waals surface area contributed by atoms with Gasteiger partial charge in [-0.1, -0.05) is 13.8 Å². The van der Waals surface area contributed by atoms with Gasteiger partial charge in [-0.2, -0.15) is 10.2 Å². The highest BCUT2D eigenvalue weighted by atomic mass is 16.3. The van der Waals surface area contributed by atoms with Gasteiger partial charge in [-0.3, -0.25) is 0 Å². The van der Waals surface area contributed by atoms with Crippen molar-refractivity contribution in [3.05, 3.63) is 35.8 Å². The van der Waals surface area contributed by atoms with E-state index in [0.717, 1.165) is 5.69 Å². The molecular weight excluding hydrogens is 204 g/mol. The molecule has 1 N–H and O–H groups in total. The van der Waals surface area contributed by atoms with E-state index in [-0.39, 0.29) is 6.61 Å². The summed E-state index contributed by atoms with van der Waals surface area (Å²) < 4.78 is 1.68. The molecule has 16 heavy (non-hydrogen) atoms. The first kappa shape index (κ1) is 10.8. The monoisotopic (exact) mass is 218 g/mol. The molecule has 0 aliphatic carbocycles. The minimum absolute atomic E-state index is 0.0936. The molecule has 5 nitrogen and oxygen atoms in total. The Morgan fingerprint density at radius 3 is 2.56 bits per heavy atom. The zero-order valence-corrected chi connectivity index (χ0v) is 9.33. The highest BCUT2D eigenvalue weighted by molar-refractivity contribution is 5.21. The minimum Gasteiger partial charge on any atom is -0.390 e. The molecule has 0 aromatic carbocycles. The lowest BCUT2D eigenvalue weighted by Crippen LogP contribution is -2.02. The Balaban J connectivity index is 2.28. The van der Waals surface area contributed by atoms with E-state index in [2.05, 4.69) is 29.1 Å². The van der Waals surface area contributed by atoms with Gasteiger partial charge < -0.3 is 5.11 Å². The van der Waals surface area contributed by atoms with Crippen molar-refractivity contribution in [1.82, 2.24) is 20.0 Å². The summed E-state index contributed by atoms with van der Waals surface area (Å²) >= 11 is 0. The van der Waals surface area contributed by atoms with E-state index < -0.39 is 0 Å². The first-order valence-electron chi connectivity index (χ1n) is 5.20. The molecule has 5 heteroatoms. The number of rotatable bonds is 3. The summed E-state index contributed by atoms with van der Waals surface area (Å²) in [6.45, 7) is 4.09. The lowest BCUT2D eigenvalue weighted by atomic mass is 10.1. The predicted molar refractivity (Wildman–Crippen MR) is 59.2 cm³/mol. The van der Waals surface area contributed by atoms with Crippen molar-refractivity contribution in [3.8, 4) is 5.82 Å². The minimum atomic E-state index is -0.0936. The van der Waals surface area contributed by atoms with Crippen LogP contribution in [0.1, 0.15) is 31.2 Å². The third kappa shape index (κ3) is 2.09. The Labute approximate surface area is 93.8 Å². The molecule has 2 heterocycles. The maximum atomic E-state index is 8.85. The van der Waals surface area contributed by atoms with E-state index in [1.165, 1.54) is 0 Å². The molecule has 2 rings (SSSR count). The molecule has 0 fully saturated rings. The number of aromatic nitrogens is 4. The first-order valence-corrected chi connectivity index (χ1v) is 5.20. The topological polar surface area (TPSA) is 63.8 Å². The van der Waals surface area contributed by atoms with Gasteiger partial charge in [0.15, 0.2) is 5.82 Å². The maximum Gasteiger partial charge on any atom is 0.175 e. The van der Waals surface area contributed by atoms with Crippen LogP contribution in [0.5, 0.6) is 0 Å². The standard InChI is InChI=1S/C11H14N4O/c1-8(2)10-5-6-15(14-10)11-4-3-9(7-16)12-13-11/h3-6,8,16H,7H2,1-2H3. The lowest BCUT2D eigenvalue weighted by Gasteiger charge is -2.01. The number of hydrogen-bond acceptors (Lipinski definition) is 4. The molecule has 0 aliphatic rings. The van der Waals surface area contributed by atoms with Gasteiger partial charge in [-0.25, -0.2) is 4.68 Å². The van der Waals surface area contributed by atoms with E-state index in [0.29, 0.717) is 17.4 Å². The molecular formula is C11H14N4O. The van der Waals surface area contributed by atoms with Gasteiger partial charge in [0, 0.05) is 6.20 Å². The summed E-state index contributed by atoms with van der Waals surface area (Å²) in [5, 5.41) is 21.1. The zero-order chi connectivity index (χ0) is 11.5. The van der Waals surface area contributed by atoms with Crippen LogP contribution in [0.3, 0.4) is 0 Å². The van der Waals surface area contributed by atoms with E-state index in [9.17, 15) is 0 Å². The van der Waals surface area contributed by atoms with Gasteiger partial charge >= 0.3 is 0 Å². The smallest absolute Gasteiger partial charge is 0.175 e. The van der Waals surface area contributed by atoms with Crippen molar-refractivity contribution in [2.75, 3.05) is 0 Å².